The number of hydrogen-bond donors (Lipinski definition) is 2. The number of likely N-dealkylation sites (tertiary alicyclic amines) is 1. The molecule has 5 rings (SSSR count). The third-order valence-electron chi connectivity index (χ3n) is 7.45. The number of halogens is 4. The van der Waals surface area contributed by atoms with E-state index in [0.29, 0.717) is 36.5 Å². The molecule has 3 atom stereocenters. The molecule has 2 N–H and O–H groups in total. The number of rotatable bonds is 7. The number of carbonyl (C=O) groups is 2. The highest BCUT2D eigenvalue weighted by Crippen LogP contribution is 2.49. The Morgan fingerprint density at radius 1 is 1.05 bits per heavy atom. The van der Waals surface area contributed by atoms with E-state index in [1.54, 1.807) is 12.1 Å². The molecule has 2 aliphatic heterocycles. The van der Waals surface area contributed by atoms with Crippen molar-refractivity contribution in [2.45, 2.75) is 37.4 Å². The lowest BCUT2D eigenvalue weighted by Gasteiger charge is -2.25. The van der Waals surface area contributed by atoms with E-state index in [-0.39, 0.29) is 17.8 Å². The van der Waals surface area contributed by atoms with Crippen molar-refractivity contribution in [2.75, 3.05) is 39.5 Å². The smallest absolute Gasteiger partial charge is 0.490 e. The zero-order valence-electron chi connectivity index (χ0n) is 21.3. The standard InChI is InChI=1S/C26H31FN2O3.C2HF3O2/c27-19-4-3-5-20(15-19)32-13-10-29-16-23-21-6-1-2-7-22(21)26(24(23)17-29)28-25(30)14-18-8-11-31-12-9-18;3-2(4,5)1(6)7/h1-7,15,18,23-24,26H,8-14,16-17H2,(H,28,30);(H,6,7)/t23-,24-,26+;/m0./s1. The topological polar surface area (TPSA) is 88.1 Å². The third kappa shape index (κ3) is 7.69. The van der Waals surface area contributed by atoms with Gasteiger partial charge in [0.15, 0.2) is 0 Å². The molecule has 2 aromatic carbocycles. The molecule has 0 saturated carbocycles. The number of nitrogens with zero attached hydrogens (tertiary/aromatic N) is 1. The summed E-state index contributed by atoms with van der Waals surface area (Å²) >= 11 is 0. The van der Waals surface area contributed by atoms with Crippen molar-refractivity contribution in [2.24, 2.45) is 11.8 Å². The van der Waals surface area contributed by atoms with Gasteiger partial charge in [0.2, 0.25) is 5.91 Å². The van der Waals surface area contributed by atoms with Crippen LogP contribution in [-0.2, 0) is 14.3 Å². The molecule has 11 heteroatoms. The average molecular weight is 553 g/mol. The van der Waals surface area contributed by atoms with E-state index in [2.05, 4.69) is 34.5 Å². The number of alkyl halides is 3. The van der Waals surface area contributed by atoms with Gasteiger partial charge in [0.25, 0.3) is 0 Å². The lowest BCUT2D eigenvalue weighted by Crippen LogP contribution is -2.35. The highest BCUT2D eigenvalue weighted by Gasteiger charge is 2.46. The minimum Gasteiger partial charge on any atom is -0.492 e. The minimum atomic E-state index is -5.08. The van der Waals surface area contributed by atoms with Crippen molar-refractivity contribution in [3.05, 3.63) is 65.5 Å². The number of aliphatic carboxylic acids is 1. The first-order valence-electron chi connectivity index (χ1n) is 13.0. The molecule has 0 unspecified atom stereocenters. The number of carboxylic acid groups (broad SMARTS) is 1. The SMILES string of the molecule is O=C(CC1CCOCC1)N[C@@H]1c2ccccc2[C@@H]2CN(CCOc3cccc(F)c3)C[C@H]12.O=C(O)C(F)(F)F. The monoisotopic (exact) mass is 552 g/mol. The van der Waals surface area contributed by atoms with Gasteiger partial charge in [-0.25, -0.2) is 9.18 Å². The maximum Gasteiger partial charge on any atom is 0.490 e. The van der Waals surface area contributed by atoms with Crippen LogP contribution in [-0.4, -0.2) is 67.5 Å². The van der Waals surface area contributed by atoms with Gasteiger partial charge in [-0.1, -0.05) is 30.3 Å². The van der Waals surface area contributed by atoms with E-state index < -0.39 is 12.1 Å². The fraction of sp³-hybridized carbons (Fsp3) is 0.500. The van der Waals surface area contributed by atoms with E-state index in [0.717, 1.165) is 45.7 Å². The third-order valence-corrected chi connectivity index (χ3v) is 7.45. The molecule has 0 bridgehead atoms. The number of carbonyl (C=O) groups excluding carboxylic acids is 1. The number of hydrogen-bond acceptors (Lipinski definition) is 5. The van der Waals surface area contributed by atoms with Crippen LogP contribution >= 0.6 is 0 Å². The van der Waals surface area contributed by atoms with Crippen LogP contribution in [0.4, 0.5) is 17.6 Å². The molecule has 0 radical (unpaired) electrons. The van der Waals surface area contributed by atoms with Gasteiger partial charge >= 0.3 is 12.1 Å². The number of nitrogens with one attached hydrogen (secondary N) is 1. The summed E-state index contributed by atoms with van der Waals surface area (Å²) in [6.45, 7) is 4.72. The molecule has 0 aromatic heterocycles. The van der Waals surface area contributed by atoms with Crippen LogP contribution in [0.5, 0.6) is 5.75 Å². The molecular weight excluding hydrogens is 520 g/mol. The highest BCUT2D eigenvalue weighted by atomic mass is 19.4. The molecule has 2 fully saturated rings. The first-order valence-corrected chi connectivity index (χ1v) is 13.0. The fourth-order valence-corrected chi connectivity index (χ4v) is 5.60. The lowest BCUT2D eigenvalue weighted by molar-refractivity contribution is -0.192. The summed E-state index contributed by atoms with van der Waals surface area (Å²) in [6, 6.07) is 14.9. The van der Waals surface area contributed by atoms with Gasteiger partial charge in [0.05, 0.1) is 6.04 Å². The molecule has 1 amide bonds. The van der Waals surface area contributed by atoms with Crippen LogP contribution in [0, 0.1) is 17.7 Å². The number of carboxylic acids is 1. The van der Waals surface area contributed by atoms with Crippen LogP contribution in [0.2, 0.25) is 0 Å². The summed E-state index contributed by atoms with van der Waals surface area (Å²) in [5, 5.41) is 10.5. The fourth-order valence-electron chi connectivity index (χ4n) is 5.60. The van der Waals surface area contributed by atoms with Crippen LogP contribution < -0.4 is 10.1 Å². The van der Waals surface area contributed by atoms with Crippen molar-refractivity contribution >= 4 is 11.9 Å². The Morgan fingerprint density at radius 2 is 1.74 bits per heavy atom. The molecule has 39 heavy (non-hydrogen) atoms. The number of ether oxygens (including phenoxy) is 2. The van der Waals surface area contributed by atoms with Gasteiger partial charge < -0.3 is 19.9 Å². The van der Waals surface area contributed by atoms with Gasteiger partial charge in [0.1, 0.15) is 18.2 Å². The lowest BCUT2D eigenvalue weighted by atomic mass is 9.93. The second-order valence-electron chi connectivity index (χ2n) is 10.1. The molecule has 2 saturated heterocycles. The maximum absolute atomic E-state index is 13.4. The maximum atomic E-state index is 13.4. The Morgan fingerprint density at radius 3 is 2.41 bits per heavy atom. The van der Waals surface area contributed by atoms with Gasteiger partial charge in [0, 0.05) is 57.2 Å². The van der Waals surface area contributed by atoms with E-state index in [1.807, 2.05) is 0 Å². The quantitative estimate of drug-likeness (QED) is 0.491. The Hall–Kier alpha value is -3.18. The molecule has 1 aliphatic carbocycles. The Bertz CT molecular complexity index is 1140. The zero-order chi connectivity index (χ0) is 28.0. The Labute approximate surface area is 224 Å². The van der Waals surface area contributed by atoms with Crippen molar-refractivity contribution in [3.8, 4) is 5.75 Å². The largest absolute Gasteiger partial charge is 0.492 e. The zero-order valence-corrected chi connectivity index (χ0v) is 21.3. The molecule has 3 aliphatic rings. The van der Waals surface area contributed by atoms with E-state index in [4.69, 9.17) is 19.4 Å². The normalized spacial score (nSPS) is 22.8. The predicted octanol–water partition coefficient (Wildman–Crippen LogP) is 4.54. The summed E-state index contributed by atoms with van der Waals surface area (Å²) in [5.74, 6) is -1.09. The number of benzene rings is 2. The van der Waals surface area contributed by atoms with Crippen molar-refractivity contribution in [1.82, 2.24) is 10.2 Å². The van der Waals surface area contributed by atoms with Gasteiger partial charge in [-0.2, -0.15) is 13.2 Å². The first-order chi connectivity index (χ1) is 18.6. The van der Waals surface area contributed by atoms with Crippen LogP contribution in [0.3, 0.4) is 0 Å². The molecule has 212 valence electrons. The summed E-state index contributed by atoms with van der Waals surface area (Å²) in [7, 11) is 0. The van der Waals surface area contributed by atoms with Crippen molar-refractivity contribution < 1.29 is 41.7 Å². The molecule has 7 nitrogen and oxygen atoms in total. The second-order valence-corrected chi connectivity index (χ2v) is 10.1. The number of fused-ring (bicyclic) bond motifs is 3. The van der Waals surface area contributed by atoms with Crippen LogP contribution in [0.1, 0.15) is 42.3 Å². The molecule has 0 spiro atoms. The minimum absolute atomic E-state index is 0.0673. The molecule has 2 aromatic rings. The van der Waals surface area contributed by atoms with Crippen LogP contribution in [0.15, 0.2) is 48.5 Å². The highest BCUT2D eigenvalue weighted by molar-refractivity contribution is 5.77. The van der Waals surface area contributed by atoms with Gasteiger partial charge in [-0.3, -0.25) is 9.69 Å². The van der Waals surface area contributed by atoms with Gasteiger partial charge in [-0.05, 0) is 42.0 Å². The van der Waals surface area contributed by atoms with E-state index in [9.17, 15) is 22.4 Å². The summed E-state index contributed by atoms with van der Waals surface area (Å²) in [4.78, 5) is 24.2. The molecular formula is C28H32F4N2O5. The van der Waals surface area contributed by atoms with Gasteiger partial charge in [-0.15, -0.1) is 0 Å². The Balaban J connectivity index is 0.000000448. The Kier molecular flexibility index (Phi) is 9.45. The van der Waals surface area contributed by atoms with Crippen molar-refractivity contribution in [3.63, 3.8) is 0 Å². The predicted molar refractivity (Wildman–Crippen MR) is 134 cm³/mol. The van der Waals surface area contributed by atoms with Crippen molar-refractivity contribution in [1.29, 1.82) is 0 Å². The average Bonchev–Trinajstić information content (AvgIpc) is 3.42. The summed E-state index contributed by atoms with van der Waals surface area (Å²) < 4.78 is 56.3. The van der Waals surface area contributed by atoms with Crippen LogP contribution in [0.25, 0.3) is 0 Å². The second kappa shape index (κ2) is 12.8. The molecule has 2 heterocycles. The summed E-state index contributed by atoms with van der Waals surface area (Å²) in [5.41, 5.74) is 2.64. The number of amides is 1. The summed E-state index contributed by atoms with van der Waals surface area (Å²) in [6.07, 6.45) is -2.55. The van der Waals surface area contributed by atoms with E-state index >= 15 is 0 Å². The van der Waals surface area contributed by atoms with E-state index in [1.165, 1.54) is 23.3 Å². The first kappa shape index (κ1) is 28.8.